The van der Waals surface area contributed by atoms with E-state index in [1.165, 1.54) is 13.4 Å². The van der Waals surface area contributed by atoms with Crippen LogP contribution in [0.25, 0.3) is 5.82 Å². The summed E-state index contributed by atoms with van der Waals surface area (Å²) in [6.45, 7) is 0. The second-order valence-corrected chi connectivity index (χ2v) is 6.65. The molecule has 2 aromatic heterocycles. The van der Waals surface area contributed by atoms with Gasteiger partial charge in [0.05, 0.1) is 12.7 Å². The highest BCUT2D eigenvalue weighted by molar-refractivity contribution is 6.31. The van der Waals surface area contributed by atoms with Gasteiger partial charge >= 0.3 is 0 Å². The Bertz CT molecular complexity index is 1160. The third-order valence-electron chi connectivity index (χ3n) is 4.21. The molecule has 0 bridgehead atoms. The molecule has 0 aliphatic rings. The Kier molecular flexibility index (Phi) is 5.58. The summed E-state index contributed by atoms with van der Waals surface area (Å²) < 4.78 is 6.88. The van der Waals surface area contributed by atoms with Crippen LogP contribution in [0, 0.1) is 0 Å². The van der Waals surface area contributed by atoms with Gasteiger partial charge < -0.3 is 15.4 Å². The molecule has 2 N–H and O–H groups in total. The zero-order valence-electron chi connectivity index (χ0n) is 15.9. The van der Waals surface area contributed by atoms with Crippen LogP contribution in [-0.4, -0.2) is 32.8 Å². The Balaban J connectivity index is 1.45. The number of carbonyl (C=O) groups excluding carboxylic acids is 1. The molecule has 2 heterocycles. The van der Waals surface area contributed by atoms with Crippen LogP contribution in [0.5, 0.6) is 5.75 Å². The maximum absolute atomic E-state index is 12.6. The molecule has 0 saturated heterocycles. The average Bonchev–Trinajstić information content (AvgIpc) is 3.30. The number of ether oxygens (including phenoxy) is 1. The van der Waals surface area contributed by atoms with Gasteiger partial charge in [0.25, 0.3) is 5.91 Å². The lowest BCUT2D eigenvalue weighted by molar-refractivity contribution is 0.102. The molecule has 8 nitrogen and oxygen atoms in total. The van der Waals surface area contributed by atoms with Crippen molar-refractivity contribution in [3.05, 3.63) is 83.9 Å². The predicted octanol–water partition coefficient (Wildman–Crippen LogP) is 4.32. The zero-order chi connectivity index (χ0) is 20.9. The summed E-state index contributed by atoms with van der Waals surface area (Å²) >= 11 is 6.00. The fourth-order valence-electron chi connectivity index (χ4n) is 2.79. The lowest BCUT2D eigenvalue weighted by Crippen LogP contribution is -2.13. The Morgan fingerprint density at radius 1 is 1.07 bits per heavy atom. The summed E-state index contributed by atoms with van der Waals surface area (Å²) in [7, 11) is 1.51. The summed E-state index contributed by atoms with van der Waals surface area (Å²) in [5.74, 6) is 1.41. The SMILES string of the molecule is COc1ccc(Cl)cc1C(=O)Nc1ccc(Nc2cc(-n3cccn3)ncn2)cc1. The highest BCUT2D eigenvalue weighted by atomic mass is 35.5. The van der Waals surface area contributed by atoms with Crippen LogP contribution < -0.4 is 15.4 Å². The summed E-state index contributed by atoms with van der Waals surface area (Å²) in [6.07, 6.45) is 4.95. The van der Waals surface area contributed by atoms with Gasteiger partial charge in [0.15, 0.2) is 5.82 Å². The summed E-state index contributed by atoms with van der Waals surface area (Å²) in [5, 5.41) is 10.7. The molecule has 150 valence electrons. The first-order valence-electron chi connectivity index (χ1n) is 8.96. The minimum absolute atomic E-state index is 0.310. The van der Waals surface area contributed by atoms with Crippen LogP contribution >= 0.6 is 11.6 Å². The molecular weight excluding hydrogens is 404 g/mol. The van der Waals surface area contributed by atoms with Gasteiger partial charge in [-0.25, -0.2) is 14.6 Å². The van der Waals surface area contributed by atoms with Crippen LogP contribution in [0.15, 0.2) is 73.3 Å². The third kappa shape index (κ3) is 4.39. The Morgan fingerprint density at radius 3 is 2.60 bits per heavy atom. The Morgan fingerprint density at radius 2 is 1.87 bits per heavy atom. The summed E-state index contributed by atoms with van der Waals surface area (Å²) in [6, 6.07) is 15.7. The van der Waals surface area contributed by atoms with Gasteiger partial charge in [-0.1, -0.05) is 11.6 Å². The van der Waals surface area contributed by atoms with E-state index >= 15 is 0 Å². The monoisotopic (exact) mass is 420 g/mol. The van der Waals surface area contributed by atoms with Crippen LogP contribution in [0.4, 0.5) is 17.2 Å². The fraction of sp³-hybridized carbons (Fsp3) is 0.0476. The number of hydrogen-bond acceptors (Lipinski definition) is 6. The lowest BCUT2D eigenvalue weighted by Gasteiger charge is -2.11. The molecule has 2 aromatic carbocycles. The molecular formula is C21H17ClN6O2. The Hall–Kier alpha value is -3.91. The van der Waals surface area contributed by atoms with Gasteiger partial charge in [-0.15, -0.1) is 0 Å². The smallest absolute Gasteiger partial charge is 0.259 e. The number of benzene rings is 2. The number of aromatic nitrogens is 4. The van der Waals surface area contributed by atoms with E-state index in [2.05, 4.69) is 25.7 Å². The quantitative estimate of drug-likeness (QED) is 0.482. The minimum atomic E-state index is -0.310. The van der Waals surface area contributed by atoms with Crippen molar-refractivity contribution in [2.75, 3.05) is 17.7 Å². The normalized spacial score (nSPS) is 10.5. The predicted molar refractivity (Wildman–Crippen MR) is 115 cm³/mol. The van der Waals surface area contributed by atoms with Crippen molar-refractivity contribution < 1.29 is 9.53 Å². The molecule has 0 atom stereocenters. The number of amides is 1. The molecule has 30 heavy (non-hydrogen) atoms. The molecule has 1 amide bonds. The molecule has 0 spiro atoms. The van der Waals surface area contributed by atoms with Crippen molar-refractivity contribution >= 4 is 34.7 Å². The van der Waals surface area contributed by atoms with E-state index in [1.807, 2.05) is 18.2 Å². The van der Waals surface area contributed by atoms with E-state index in [0.29, 0.717) is 33.7 Å². The number of methoxy groups -OCH3 is 1. The van der Waals surface area contributed by atoms with Crippen LogP contribution in [-0.2, 0) is 0 Å². The molecule has 0 fully saturated rings. The van der Waals surface area contributed by atoms with Gasteiger partial charge in [0.1, 0.15) is 17.9 Å². The number of nitrogens with zero attached hydrogens (tertiary/aromatic N) is 4. The van der Waals surface area contributed by atoms with Crippen molar-refractivity contribution in [2.24, 2.45) is 0 Å². The van der Waals surface area contributed by atoms with Crippen molar-refractivity contribution in [1.29, 1.82) is 0 Å². The third-order valence-corrected chi connectivity index (χ3v) is 4.45. The highest BCUT2D eigenvalue weighted by Gasteiger charge is 2.13. The fourth-order valence-corrected chi connectivity index (χ4v) is 2.96. The Labute approximate surface area is 177 Å². The van der Waals surface area contributed by atoms with Gasteiger partial charge in [-0.2, -0.15) is 5.10 Å². The van der Waals surface area contributed by atoms with Gasteiger partial charge in [0.2, 0.25) is 0 Å². The molecule has 0 unspecified atom stereocenters. The van der Waals surface area contributed by atoms with Gasteiger partial charge in [-0.05, 0) is 48.5 Å². The first kappa shape index (κ1) is 19.4. The van der Waals surface area contributed by atoms with Crippen molar-refractivity contribution in [3.63, 3.8) is 0 Å². The van der Waals surface area contributed by atoms with Crippen LogP contribution in [0.2, 0.25) is 5.02 Å². The maximum Gasteiger partial charge on any atom is 0.259 e. The highest BCUT2D eigenvalue weighted by Crippen LogP contribution is 2.24. The van der Waals surface area contributed by atoms with Gasteiger partial charge in [0, 0.05) is 34.9 Å². The molecule has 9 heteroatoms. The number of anilines is 3. The number of carbonyl (C=O) groups is 1. The second kappa shape index (κ2) is 8.62. The largest absolute Gasteiger partial charge is 0.496 e. The number of rotatable bonds is 6. The average molecular weight is 421 g/mol. The topological polar surface area (TPSA) is 94.0 Å². The van der Waals surface area contributed by atoms with Crippen LogP contribution in [0.3, 0.4) is 0 Å². The van der Waals surface area contributed by atoms with Crippen molar-refractivity contribution in [2.45, 2.75) is 0 Å². The van der Waals surface area contributed by atoms with E-state index in [0.717, 1.165) is 5.69 Å². The first-order chi connectivity index (χ1) is 14.6. The number of nitrogens with one attached hydrogen (secondary N) is 2. The molecule has 0 aliphatic heterocycles. The molecule has 0 aliphatic carbocycles. The van der Waals surface area contributed by atoms with E-state index in [1.54, 1.807) is 53.5 Å². The first-order valence-corrected chi connectivity index (χ1v) is 9.34. The molecule has 4 rings (SSSR count). The molecule has 0 radical (unpaired) electrons. The lowest BCUT2D eigenvalue weighted by atomic mass is 10.1. The summed E-state index contributed by atoms with van der Waals surface area (Å²) in [4.78, 5) is 21.0. The van der Waals surface area contributed by atoms with Crippen molar-refractivity contribution in [1.82, 2.24) is 19.7 Å². The van der Waals surface area contributed by atoms with E-state index in [4.69, 9.17) is 16.3 Å². The van der Waals surface area contributed by atoms with E-state index in [-0.39, 0.29) is 5.91 Å². The van der Waals surface area contributed by atoms with Crippen molar-refractivity contribution in [3.8, 4) is 11.6 Å². The standard InChI is InChI=1S/C21H17ClN6O2/c1-30-18-8-3-14(22)11-17(18)21(29)27-16-6-4-15(5-7-16)26-19-12-20(24-13-23-19)28-10-2-9-25-28/h2-13H,1H3,(H,27,29)(H,23,24,26). The maximum atomic E-state index is 12.6. The zero-order valence-corrected chi connectivity index (χ0v) is 16.7. The minimum Gasteiger partial charge on any atom is -0.496 e. The van der Waals surface area contributed by atoms with Gasteiger partial charge in [-0.3, -0.25) is 4.79 Å². The van der Waals surface area contributed by atoms with E-state index in [9.17, 15) is 4.79 Å². The molecule has 0 saturated carbocycles. The van der Waals surface area contributed by atoms with Crippen LogP contribution in [0.1, 0.15) is 10.4 Å². The number of hydrogen-bond donors (Lipinski definition) is 2. The van der Waals surface area contributed by atoms with E-state index < -0.39 is 0 Å². The second-order valence-electron chi connectivity index (χ2n) is 6.21. The number of halogens is 1. The molecule has 4 aromatic rings. The summed E-state index contributed by atoms with van der Waals surface area (Å²) in [5.41, 5.74) is 1.80.